The number of hydrogen-bond acceptors (Lipinski definition) is 6. The maximum atomic E-state index is 12.8. The van der Waals surface area contributed by atoms with Crippen LogP contribution in [-0.4, -0.2) is 42.2 Å². The molecule has 0 bridgehead atoms. The van der Waals surface area contributed by atoms with E-state index in [9.17, 15) is 4.79 Å². The molecule has 4 rings (SSSR count). The minimum absolute atomic E-state index is 0.221. The first-order chi connectivity index (χ1) is 14.0. The standard InChI is InChI=1S/C23H25N5O/c1-4-5-23(29)22-13-21(17-8-11-20-18(12-17)15-25-26(20)2)28(27(22)3)19-9-6-16(14-24)7-10-19/h6-11,13,15,18,22H,4-5,12H2,1-3H3. The second-order valence-corrected chi connectivity index (χ2v) is 7.64. The zero-order valence-electron chi connectivity index (χ0n) is 17.0. The molecule has 0 saturated heterocycles. The molecule has 0 radical (unpaired) electrons. The lowest BCUT2D eigenvalue weighted by Crippen LogP contribution is -2.43. The third-order valence-electron chi connectivity index (χ3n) is 5.73. The summed E-state index contributed by atoms with van der Waals surface area (Å²) in [5.74, 6) is 0.484. The van der Waals surface area contributed by atoms with Gasteiger partial charge in [-0.2, -0.15) is 10.4 Å². The summed E-state index contributed by atoms with van der Waals surface area (Å²) >= 11 is 0. The van der Waals surface area contributed by atoms with Gasteiger partial charge in [-0.1, -0.05) is 13.0 Å². The van der Waals surface area contributed by atoms with Crippen molar-refractivity contribution in [3.05, 3.63) is 65.0 Å². The van der Waals surface area contributed by atoms with Crippen LogP contribution in [0.15, 0.2) is 64.6 Å². The van der Waals surface area contributed by atoms with Gasteiger partial charge in [0.2, 0.25) is 0 Å². The summed E-state index contributed by atoms with van der Waals surface area (Å²) in [6.07, 6.45) is 10.6. The summed E-state index contributed by atoms with van der Waals surface area (Å²) < 4.78 is 0. The SMILES string of the molecule is CCCC(=O)C1C=C(C2=CC=C3C(C=NN3C)C2)N(c2ccc(C#N)cc2)N1C. The first kappa shape index (κ1) is 19.2. The van der Waals surface area contributed by atoms with Crippen LogP contribution in [0.25, 0.3) is 0 Å². The zero-order valence-corrected chi connectivity index (χ0v) is 17.0. The number of ketones is 1. The van der Waals surface area contributed by atoms with Crippen molar-refractivity contribution in [3.8, 4) is 6.07 Å². The lowest BCUT2D eigenvalue weighted by Gasteiger charge is -2.34. The van der Waals surface area contributed by atoms with E-state index in [2.05, 4.69) is 34.4 Å². The summed E-state index contributed by atoms with van der Waals surface area (Å²) in [4.78, 5) is 12.8. The number of carbonyl (C=O) groups is 1. The highest BCUT2D eigenvalue weighted by Crippen LogP contribution is 2.39. The molecule has 1 aliphatic carbocycles. The normalized spacial score (nSPS) is 23.4. The van der Waals surface area contributed by atoms with Gasteiger partial charge in [-0.3, -0.25) is 14.8 Å². The van der Waals surface area contributed by atoms with Gasteiger partial charge in [0.05, 0.1) is 23.0 Å². The monoisotopic (exact) mass is 387 g/mol. The topological polar surface area (TPSA) is 62.9 Å². The molecule has 6 heteroatoms. The van der Waals surface area contributed by atoms with Crippen LogP contribution in [0.5, 0.6) is 0 Å². The number of Topliss-reactive ketones (excluding diaryl/α,β-unsaturated/α-hetero) is 1. The highest BCUT2D eigenvalue weighted by molar-refractivity contribution is 5.88. The Bertz CT molecular complexity index is 980. The molecule has 1 aromatic rings. The van der Waals surface area contributed by atoms with Gasteiger partial charge in [0.15, 0.2) is 5.78 Å². The van der Waals surface area contributed by atoms with Gasteiger partial charge in [0.1, 0.15) is 6.04 Å². The van der Waals surface area contributed by atoms with E-state index in [0.717, 1.165) is 24.2 Å². The lowest BCUT2D eigenvalue weighted by molar-refractivity contribution is -0.122. The molecule has 2 atom stereocenters. The number of allylic oxidation sites excluding steroid dienone is 4. The van der Waals surface area contributed by atoms with Crippen molar-refractivity contribution >= 4 is 17.7 Å². The van der Waals surface area contributed by atoms with Crippen LogP contribution in [-0.2, 0) is 4.79 Å². The Morgan fingerprint density at radius 3 is 2.69 bits per heavy atom. The molecule has 0 aromatic heterocycles. The maximum Gasteiger partial charge on any atom is 0.155 e. The Labute approximate surface area is 171 Å². The minimum atomic E-state index is -0.285. The van der Waals surface area contributed by atoms with Crippen molar-refractivity contribution in [3.63, 3.8) is 0 Å². The second kappa shape index (κ2) is 7.69. The van der Waals surface area contributed by atoms with Crippen LogP contribution in [0.3, 0.4) is 0 Å². The molecular formula is C23H25N5O. The van der Waals surface area contributed by atoms with Gasteiger partial charge in [0, 0.05) is 38.3 Å². The van der Waals surface area contributed by atoms with E-state index in [1.54, 1.807) is 0 Å². The molecule has 0 N–H and O–H groups in total. The highest BCUT2D eigenvalue weighted by Gasteiger charge is 2.37. The Balaban J connectivity index is 1.72. The van der Waals surface area contributed by atoms with Crippen molar-refractivity contribution in [2.45, 2.75) is 32.2 Å². The first-order valence-electron chi connectivity index (χ1n) is 10.00. The minimum Gasteiger partial charge on any atom is -0.297 e. The van der Waals surface area contributed by atoms with Crippen LogP contribution >= 0.6 is 0 Å². The van der Waals surface area contributed by atoms with Crippen LogP contribution in [0.4, 0.5) is 5.69 Å². The molecule has 3 aliphatic rings. The number of anilines is 1. The van der Waals surface area contributed by atoms with Gasteiger partial charge in [-0.05, 0) is 54.8 Å². The van der Waals surface area contributed by atoms with E-state index in [4.69, 9.17) is 5.26 Å². The maximum absolute atomic E-state index is 12.8. The first-order valence-corrected chi connectivity index (χ1v) is 10.00. The quantitative estimate of drug-likeness (QED) is 0.772. The smallest absolute Gasteiger partial charge is 0.155 e. The second-order valence-electron chi connectivity index (χ2n) is 7.64. The largest absolute Gasteiger partial charge is 0.297 e. The molecule has 2 aliphatic heterocycles. The Kier molecular flexibility index (Phi) is 5.08. The van der Waals surface area contributed by atoms with Gasteiger partial charge in [0.25, 0.3) is 0 Å². The Morgan fingerprint density at radius 2 is 2.00 bits per heavy atom. The number of rotatable bonds is 5. The van der Waals surface area contributed by atoms with Crippen molar-refractivity contribution < 1.29 is 4.79 Å². The van der Waals surface area contributed by atoms with E-state index < -0.39 is 0 Å². The number of hydrazone groups is 1. The number of nitriles is 1. The van der Waals surface area contributed by atoms with Crippen LogP contribution in [0.2, 0.25) is 0 Å². The van der Waals surface area contributed by atoms with Crippen molar-refractivity contribution in [2.75, 3.05) is 19.1 Å². The average molecular weight is 387 g/mol. The van der Waals surface area contributed by atoms with E-state index in [1.165, 1.54) is 11.3 Å². The third kappa shape index (κ3) is 3.39. The summed E-state index contributed by atoms with van der Waals surface area (Å²) in [6, 6.07) is 9.38. The molecule has 1 aromatic carbocycles. The van der Waals surface area contributed by atoms with Crippen molar-refractivity contribution in [1.29, 1.82) is 5.26 Å². The van der Waals surface area contributed by atoms with Crippen molar-refractivity contribution in [2.24, 2.45) is 11.0 Å². The summed E-state index contributed by atoms with van der Waals surface area (Å²) in [5, 5.41) is 19.5. The summed E-state index contributed by atoms with van der Waals surface area (Å²) in [7, 11) is 3.92. The molecule has 2 heterocycles. The van der Waals surface area contributed by atoms with E-state index in [1.807, 2.05) is 61.5 Å². The fourth-order valence-corrected chi connectivity index (χ4v) is 4.19. The molecule has 6 nitrogen and oxygen atoms in total. The van der Waals surface area contributed by atoms with E-state index in [0.29, 0.717) is 12.0 Å². The molecule has 0 fully saturated rings. The van der Waals surface area contributed by atoms with Gasteiger partial charge < -0.3 is 0 Å². The molecule has 148 valence electrons. The van der Waals surface area contributed by atoms with Crippen LogP contribution < -0.4 is 5.01 Å². The van der Waals surface area contributed by atoms with E-state index in [-0.39, 0.29) is 17.7 Å². The number of hydrazine groups is 1. The van der Waals surface area contributed by atoms with Gasteiger partial charge in [-0.25, -0.2) is 5.01 Å². The fourth-order valence-electron chi connectivity index (χ4n) is 4.19. The Hall–Kier alpha value is -3.17. The molecule has 29 heavy (non-hydrogen) atoms. The molecular weight excluding hydrogens is 362 g/mol. The molecule has 0 spiro atoms. The molecule has 2 unspecified atom stereocenters. The number of benzene rings is 1. The fraction of sp³-hybridized carbons (Fsp3) is 0.348. The van der Waals surface area contributed by atoms with Crippen molar-refractivity contribution in [1.82, 2.24) is 10.0 Å². The molecule has 0 amide bonds. The average Bonchev–Trinajstić information content (AvgIpc) is 3.28. The molecule has 0 saturated carbocycles. The number of carbonyl (C=O) groups excluding carboxylic acids is 1. The Morgan fingerprint density at radius 1 is 1.24 bits per heavy atom. The number of fused-ring (bicyclic) bond motifs is 1. The predicted octanol–water partition coefficient (Wildman–Crippen LogP) is 3.61. The number of hydrogen-bond donors (Lipinski definition) is 0. The lowest BCUT2D eigenvalue weighted by atomic mass is 9.90. The third-order valence-corrected chi connectivity index (χ3v) is 5.73. The van der Waals surface area contributed by atoms with E-state index >= 15 is 0 Å². The highest BCUT2D eigenvalue weighted by atomic mass is 16.1. The van der Waals surface area contributed by atoms with Crippen LogP contribution in [0, 0.1) is 17.2 Å². The zero-order chi connectivity index (χ0) is 20.5. The van der Waals surface area contributed by atoms with Gasteiger partial charge in [-0.15, -0.1) is 0 Å². The number of likely N-dealkylation sites (N-methyl/N-ethyl adjacent to an activating group) is 1. The summed E-state index contributed by atoms with van der Waals surface area (Å²) in [5.41, 5.74) is 4.98. The number of nitrogens with zero attached hydrogens (tertiary/aromatic N) is 5. The predicted molar refractivity (Wildman–Crippen MR) is 114 cm³/mol. The van der Waals surface area contributed by atoms with Gasteiger partial charge >= 0.3 is 0 Å². The summed E-state index contributed by atoms with van der Waals surface area (Å²) in [6.45, 7) is 2.03. The van der Waals surface area contributed by atoms with Crippen LogP contribution in [0.1, 0.15) is 31.7 Å².